The van der Waals surface area contributed by atoms with Gasteiger partial charge in [0.15, 0.2) is 0 Å². The van der Waals surface area contributed by atoms with Crippen LogP contribution in [0, 0.1) is 0 Å². The van der Waals surface area contributed by atoms with E-state index in [0.29, 0.717) is 0 Å². The molecule has 0 fully saturated rings. The molecule has 0 bridgehead atoms. The largest absolute Gasteiger partial charge is 0.433 e. The summed E-state index contributed by atoms with van der Waals surface area (Å²) in [7, 11) is -4.02. The molecule has 5 nitrogen and oxygen atoms in total. The van der Waals surface area contributed by atoms with Crippen molar-refractivity contribution in [2.45, 2.75) is 35.7 Å². The van der Waals surface area contributed by atoms with E-state index in [0.717, 1.165) is 12.1 Å². The van der Waals surface area contributed by atoms with Crippen molar-refractivity contribution >= 4 is 15.7 Å². The predicted molar refractivity (Wildman–Crippen MR) is 106 cm³/mol. The zero-order chi connectivity index (χ0) is 23.1. The number of benzene rings is 2. The smallest absolute Gasteiger partial charge is 0.328 e. The second kappa shape index (κ2) is 8.01. The minimum atomic E-state index is -4.64. The van der Waals surface area contributed by atoms with Crippen LogP contribution in [-0.4, -0.2) is 24.2 Å². The Labute approximate surface area is 181 Å². The van der Waals surface area contributed by atoms with Gasteiger partial charge in [0.1, 0.15) is 12.4 Å². The van der Waals surface area contributed by atoms with E-state index in [1.165, 1.54) is 47.4 Å². The summed E-state index contributed by atoms with van der Waals surface area (Å²) in [6.45, 7) is -1.14. The molecule has 2 aromatic carbocycles. The highest BCUT2D eigenvalue weighted by Crippen LogP contribution is 2.32. The molecule has 0 aliphatic carbocycles. The van der Waals surface area contributed by atoms with Gasteiger partial charge in [-0.1, -0.05) is 30.3 Å². The summed E-state index contributed by atoms with van der Waals surface area (Å²) in [6, 6.07) is 13.3. The van der Waals surface area contributed by atoms with Crippen LogP contribution in [-0.2, 0) is 35.8 Å². The summed E-state index contributed by atoms with van der Waals surface area (Å²) < 4.78 is 78.2. The van der Waals surface area contributed by atoms with Gasteiger partial charge in [-0.2, -0.15) is 13.2 Å². The molecule has 2 heterocycles. The van der Waals surface area contributed by atoms with Gasteiger partial charge < -0.3 is 4.90 Å². The molecule has 32 heavy (non-hydrogen) atoms. The van der Waals surface area contributed by atoms with Crippen LogP contribution in [0.2, 0.25) is 0 Å². The van der Waals surface area contributed by atoms with Crippen LogP contribution < -0.4 is 0 Å². The van der Waals surface area contributed by atoms with Crippen LogP contribution in [0.1, 0.15) is 32.9 Å². The van der Waals surface area contributed by atoms with E-state index in [1.807, 2.05) is 0 Å². The van der Waals surface area contributed by atoms with E-state index in [4.69, 9.17) is 0 Å². The fraction of sp³-hybridized carbons (Fsp3) is 0.182. The van der Waals surface area contributed by atoms with E-state index < -0.39 is 34.3 Å². The van der Waals surface area contributed by atoms with Crippen LogP contribution in [0.3, 0.4) is 0 Å². The highest BCUT2D eigenvalue weighted by Gasteiger charge is 2.36. The predicted octanol–water partition coefficient (Wildman–Crippen LogP) is 4.56. The summed E-state index contributed by atoms with van der Waals surface area (Å²) in [5, 5.41) is 0. The number of rotatable bonds is 5. The fourth-order valence-corrected chi connectivity index (χ4v) is 5.10. The first-order valence-corrected chi connectivity index (χ1v) is 10.9. The Hall–Kier alpha value is -3.27. The quantitative estimate of drug-likeness (QED) is 0.520. The average molecular weight is 464 g/mol. The molecule has 0 saturated carbocycles. The van der Waals surface area contributed by atoms with Gasteiger partial charge in [0.25, 0.3) is 5.91 Å². The maximum Gasteiger partial charge on any atom is 0.433 e. The van der Waals surface area contributed by atoms with Crippen molar-refractivity contribution in [3.05, 3.63) is 88.7 Å². The average Bonchev–Trinajstić information content (AvgIpc) is 3.08. The fourth-order valence-electron chi connectivity index (χ4n) is 3.55. The lowest BCUT2D eigenvalue weighted by atomic mass is 10.2. The summed E-state index contributed by atoms with van der Waals surface area (Å²) in [5.41, 5.74) is -0.563. The van der Waals surface area contributed by atoms with Crippen molar-refractivity contribution < 1.29 is 30.8 Å². The molecule has 1 aliphatic heterocycles. The van der Waals surface area contributed by atoms with Crippen molar-refractivity contribution in [3.63, 3.8) is 0 Å². The van der Waals surface area contributed by atoms with Gasteiger partial charge in [-0.25, -0.2) is 17.8 Å². The molecule has 0 spiro atoms. The number of carbonyl (C=O) groups is 1. The zero-order valence-electron chi connectivity index (χ0n) is 16.4. The number of hydrogen-bond acceptors (Lipinski definition) is 4. The van der Waals surface area contributed by atoms with Gasteiger partial charge in [-0.3, -0.25) is 4.79 Å². The molecule has 0 N–H and O–H groups in total. The molecule has 1 aromatic heterocycles. The number of halogens is 4. The Morgan fingerprint density at radius 2 is 1.75 bits per heavy atom. The molecule has 0 atom stereocenters. The molecule has 1 amide bonds. The molecule has 0 radical (unpaired) electrons. The minimum absolute atomic E-state index is 0.0131. The van der Waals surface area contributed by atoms with E-state index in [2.05, 4.69) is 4.98 Å². The number of hydrogen-bond donors (Lipinski definition) is 0. The van der Waals surface area contributed by atoms with E-state index >= 15 is 0 Å². The number of alkyl halides is 4. The van der Waals surface area contributed by atoms with Crippen LogP contribution in [0.4, 0.5) is 17.6 Å². The van der Waals surface area contributed by atoms with Gasteiger partial charge in [0.05, 0.1) is 27.6 Å². The molecular weight excluding hydrogens is 448 g/mol. The van der Waals surface area contributed by atoms with Gasteiger partial charge in [-0.05, 0) is 41.5 Å². The number of amides is 1. The first-order valence-electron chi connectivity index (χ1n) is 9.45. The lowest BCUT2D eigenvalue weighted by molar-refractivity contribution is -0.141. The Balaban J connectivity index is 1.66. The summed E-state index contributed by atoms with van der Waals surface area (Å²) in [5.74, 6) is -0.534. The third-order valence-electron chi connectivity index (χ3n) is 5.11. The van der Waals surface area contributed by atoms with E-state index in [-0.39, 0.29) is 45.3 Å². The SMILES string of the molecule is O=C1c2ccc(C(F)(F)F)nc2CN1Cc1ccccc1S(=O)(=O)c1cccc(CF)c1. The monoisotopic (exact) mass is 464 g/mol. The topological polar surface area (TPSA) is 67.3 Å². The summed E-state index contributed by atoms with van der Waals surface area (Å²) >= 11 is 0. The number of pyridine rings is 1. The van der Waals surface area contributed by atoms with Crippen LogP contribution >= 0.6 is 0 Å². The Morgan fingerprint density at radius 1 is 1.00 bits per heavy atom. The first-order chi connectivity index (χ1) is 15.1. The minimum Gasteiger partial charge on any atom is -0.328 e. The van der Waals surface area contributed by atoms with Gasteiger partial charge in [0.2, 0.25) is 9.84 Å². The molecule has 3 aromatic rings. The van der Waals surface area contributed by atoms with Crippen LogP contribution in [0.15, 0.2) is 70.5 Å². The van der Waals surface area contributed by atoms with Crippen molar-refractivity contribution in [1.82, 2.24) is 9.88 Å². The lowest BCUT2D eigenvalue weighted by Crippen LogP contribution is -2.24. The highest BCUT2D eigenvalue weighted by atomic mass is 32.2. The standard InChI is InChI=1S/C22H16F4N2O3S/c23-11-14-4-3-6-16(10-14)32(30,31)19-7-2-1-5-15(19)12-28-13-18-17(21(28)29)8-9-20(27-18)22(24,25)26/h1-10H,11-13H2. The summed E-state index contributed by atoms with van der Waals surface area (Å²) in [6.07, 6.45) is -4.64. The number of fused-ring (bicyclic) bond motifs is 1. The first kappa shape index (κ1) is 21.9. The van der Waals surface area contributed by atoms with Gasteiger partial charge >= 0.3 is 6.18 Å². The molecular formula is C22H16F4N2O3S. The number of aromatic nitrogens is 1. The number of nitrogens with zero attached hydrogens (tertiary/aromatic N) is 2. The van der Waals surface area contributed by atoms with Crippen molar-refractivity contribution in [2.75, 3.05) is 0 Å². The van der Waals surface area contributed by atoms with E-state index in [9.17, 15) is 30.8 Å². The van der Waals surface area contributed by atoms with E-state index in [1.54, 1.807) is 6.07 Å². The maximum absolute atomic E-state index is 13.2. The molecule has 0 saturated heterocycles. The lowest BCUT2D eigenvalue weighted by Gasteiger charge is -2.18. The van der Waals surface area contributed by atoms with Crippen molar-refractivity contribution in [1.29, 1.82) is 0 Å². The maximum atomic E-state index is 13.2. The summed E-state index contributed by atoms with van der Waals surface area (Å²) in [4.78, 5) is 17.3. The van der Waals surface area contributed by atoms with Gasteiger partial charge in [0, 0.05) is 6.54 Å². The Morgan fingerprint density at radius 3 is 2.47 bits per heavy atom. The molecule has 1 aliphatic rings. The molecule has 166 valence electrons. The second-order valence-electron chi connectivity index (χ2n) is 7.24. The number of sulfone groups is 1. The molecule has 10 heteroatoms. The van der Waals surface area contributed by atoms with Crippen molar-refractivity contribution in [2.24, 2.45) is 0 Å². The Kier molecular flexibility index (Phi) is 5.49. The second-order valence-corrected chi connectivity index (χ2v) is 9.16. The zero-order valence-corrected chi connectivity index (χ0v) is 17.3. The van der Waals surface area contributed by atoms with Crippen LogP contribution in [0.5, 0.6) is 0 Å². The molecule has 4 rings (SSSR count). The molecule has 0 unspecified atom stereocenters. The third kappa shape index (κ3) is 3.97. The van der Waals surface area contributed by atoms with Gasteiger partial charge in [-0.15, -0.1) is 0 Å². The highest BCUT2D eigenvalue weighted by molar-refractivity contribution is 7.91. The normalized spacial score (nSPS) is 14.0. The Bertz CT molecular complexity index is 1310. The van der Waals surface area contributed by atoms with Crippen LogP contribution in [0.25, 0.3) is 0 Å². The number of carbonyl (C=O) groups excluding carboxylic acids is 1. The van der Waals surface area contributed by atoms with Crippen molar-refractivity contribution in [3.8, 4) is 0 Å². The third-order valence-corrected chi connectivity index (χ3v) is 6.96.